The fraction of sp³-hybridized carbons (Fsp3) is 0.111. The summed E-state index contributed by atoms with van der Waals surface area (Å²) in [5, 5.41) is 8.78. The predicted molar refractivity (Wildman–Crippen MR) is 47.0 cm³/mol. The molecule has 2 aromatic rings. The fourth-order valence-corrected chi connectivity index (χ4v) is 1.21. The van der Waals surface area contributed by atoms with Crippen molar-refractivity contribution in [3.05, 3.63) is 42.4 Å². The number of aromatic carboxylic acids is 1. The van der Waals surface area contributed by atoms with Gasteiger partial charge in [0.25, 0.3) is 0 Å². The van der Waals surface area contributed by atoms with Crippen molar-refractivity contribution in [2.45, 2.75) is 6.54 Å². The third kappa shape index (κ3) is 1.52. The summed E-state index contributed by atoms with van der Waals surface area (Å²) in [6.45, 7) is 0.456. The van der Waals surface area contributed by atoms with Crippen LogP contribution in [0, 0.1) is 0 Å². The lowest BCUT2D eigenvalue weighted by atomic mass is 10.3. The van der Waals surface area contributed by atoms with Crippen LogP contribution in [-0.4, -0.2) is 20.6 Å². The fourth-order valence-electron chi connectivity index (χ4n) is 1.21. The zero-order valence-electron chi connectivity index (χ0n) is 7.25. The second kappa shape index (κ2) is 3.37. The first-order valence-corrected chi connectivity index (χ1v) is 4.03. The maximum absolute atomic E-state index is 10.7. The molecule has 0 saturated carbocycles. The Hall–Kier alpha value is -2.04. The Labute approximate surface area is 79.6 Å². The molecule has 0 saturated heterocycles. The molecule has 0 spiro atoms. The van der Waals surface area contributed by atoms with Crippen LogP contribution in [0.2, 0.25) is 0 Å². The summed E-state index contributed by atoms with van der Waals surface area (Å²) in [5.41, 5.74) is 0.908. The number of hydrogen-bond acceptors (Lipinski definition) is 3. The lowest BCUT2D eigenvalue weighted by Gasteiger charge is -2.01. The Balaban J connectivity index is 2.25. The highest BCUT2D eigenvalue weighted by Gasteiger charge is 2.10. The molecule has 2 aromatic heterocycles. The standard InChI is InChI=1S/C9H8N2O3/c12-9(13)8-10-2-3-11(8)5-7-1-4-14-6-7/h1-4,6H,5H2,(H,12,13). The van der Waals surface area contributed by atoms with Gasteiger partial charge in [-0.3, -0.25) is 0 Å². The van der Waals surface area contributed by atoms with E-state index >= 15 is 0 Å². The van der Waals surface area contributed by atoms with Crippen molar-refractivity contribution in [2.75, 3.05) is 0 Å². The summed E-state index contributed by atoms with van der Waals surface area (Å²) in [7, 11) is 0. The zero-order valence-corrected chi connectivity index (χ0v) is 7.25. The van der Waals surface area contributed by atoms with E-state index in [2.05, 4.69) is 4.98 Å². The topological polar surface area (TPSA) is 68.3 Å². The van der Waals surface area contributed by atoms with Crippen LogP contribution in [0.1, 0.15) is 16.2 Å². The number of imidazole rings is 1. The van der Waals surface area contributed by atoms with E-state index < -0.39 is 5.97 Å². The second-order valence-electron chi connectivity index (χ2n) is 2.82. The minimum Gasteiger partial charge on any atom is -0.475 e. The molecule has 1 N–H and O–H groups in total. The van der Waals surface area contributed by atoms with Crippen LogP contribution in [-0.2, 0) is 6.54 Å². The maximum Gasteiger partial charge on any atom is 0.372 e. The van der Waals surface area contributed by atoms with Gasteiger partial charge in [0.1, 0.15) is 0 Å². The van der Waals surface area contributed by atoms with Gasteiger partial charge in [-0.2, -0.15) is 0 Å². The van der Waals surface area contributed by atoms with Gasteiger partial charge in [0, 0.05) is 18.0 Å². The highest BCUT2D eigenvalue weighted by atomic mass is 16.4. The summed E-state index contributed by atoms with van der Waals surface area (Å²) in [6, 6.07) is 1.78. The minimum absolute atomic E-state index is 0.0335. The van der Waals surface area contributed by atoms with Crippen molar-refractivity contribution in [1.82, 2.24) is 9.55 Å². The average Bonchev–Trinajstić information content (AvgIpc) is 2.75. The van der Waals surface area contributed by atoms with E-state index in [9.17, 15) is 4.79 Å². The van der Waals surface area contributed by atoms with Crippen LogP contribution < -0.4 is 0 Å². The molecule has 5 heteroatoms. The van der Waals surface area contributed by atoms with Crippen LogP contribution >= 0.6 is 0 Å². The molecule has 14 heavy (non-hydrogen) atoms. The summed E-state index contributed by atoms with van der Waals surface area (Å²) in [6.07, 6.45) is 6.21. The lowest BCUT2D eigenvalue weighted by Crippen LogP contribution is -2.09. The third-order valence-corrected chi connectivity index (χ3v) is 1.84. The number of carboxylic acids is 1. The van der Waals surface area contributed by atoms with Gasteiger partial charge in [0.05, 0.1) is 19.1 Å². The smallest absolute Gasteiger partial charge is 0.372 e. The van der Waals surface area contributed by atoms with Gasteiger partial charge < -0.3 is 14.1 Å². The van der Waals surface area contributed by atoms with E-state index in [1.807, 2.05) is 0 Å². The van der Waals surface area contributed by atoms with Gasteiger partial charge in [-0.1, -0.05) is 0 Å². The van der Waals surface area contributed by atoms with Crippen LogP contribution in [0.25, 0.3) is 0 Å². The van der Waals surface area contributed by atoms with Gasteiger partial charge >= 0.3 is 5.97 Å². The first kappa shape index (κ1) is 8.55. The van der Waals surface area contributed by atoms with Crippen molar-refractivity contribution >= 4 is 5.97 Å². The van der Waals surface area contributed by atoms with Crippen molar-refractivity contribution < 1.29 is 14.3 Å². The van der Waals surface area contributed by atoms with Crippen molar-refractivity contribution in [3.8, 4) is 0 Å². The van der Waals surface area contributed by atoms with Crippen LogP contribution in [0.15, 0.2) is 35.4 Å². The molecule has 0 aliphatic rings. The van der Waals surface area contributed by atoms with E-state index in [0.29, 0.717) is 6.54 Å². The summed E-state index contributed by atoms with van der Waals surface area (Å²) in [4.78, 5) is 14.4. The van der Waals surface area contributed by atoms with E-state index in [4.69, 9.17) is 9.52 Å². The van der Waals surface area contributed by atoms with E-state index in [-0.39, 0.29) is 5.82 Å². The Morgan fingerprint density at radius 2 is 2.50 bits per heavy atom. The molecule has 0 unspecified atom stereocenters. The maximum atomic E-state index is 10.7. The van der Waals surface area contributed by atoms with Crippen LogP contribution in [0.3, 0.4) is 0 Å². The third-order valence-electron chi connectivity index (χ3n) is 1.84. The van der Waals surface area contributed by atoms with Crippen molar-refractivity contribution in [1.29, 1.82) is 0 Å². The van der Waals surface area contributed by atoms with Gasteiger partial charge in [-0.25, -0.2) is 9.78 Å². The first-order chi connectivity index (χ1) is 6.77. The Morgan fingerprint density at radius 1 is 1.64 bits per heavy atom. The molecule has 0 fully saturated rings. The highest BCUT2D eigenvalue weighted by Crippen LogP contribution is 2.05. The predicted octanol–water partition coefficient (Wildman–Crippen LogP) is 1.22. The second-order valence-corrected chi connectivity index (χ2v) is 2.82. The summed E-state index contributed by atoms with van der Waals surface area (Å²) < 4.78 is 6.43. The Morgan fingerprint density at radius 3 is 3.14 bits per heavy atom. The quantitative estimate of drug-likeness (QED) is 0.793. The first-order valence-electron chi connectivity index (χ1n) is 4.03. The molecule has 0 radical (unpaired) electrons. The largest absolute Gasteiger partial charge is 0.475 e. The number of rotatable bonds is 3. The molecule has 2 rings (SSSR count). The minimum atomic E-state index is -1.03. The lowest BCUT2D eigenvalue weighted by molar-refractivity contribution is 0.0679. The zero-order chi connectivity index (χ0) is 9.97. The number of nitrogens with zero attached hydrogens (tertiary/aromatic N) is 2. The molecule has 0 aliphatic heterocycles. The van der Waals surface area contributed by atoms with Gasteiger partial charge in [-0.05, 0) is 6.07 Å². The van der Waals surface area contributed by atoms with E-state index in [0.717, 1.165) is 5.56 Å². The Bertz CT molecular complexity index is 431. The molecule has 0 aliphatic carbocycles. The monoisotopic (exact) mass is 192 g/mol. The van der Waals surface area contributed by atoms with Gasteiger partial charge in [-0.15, -0.1) is 0 Å². The molecule has 72 valence electrons. The number of furan rings is 1. The average molecular weight is 192 g/mol. The number of hydrogen-bond donors (Lipinski definition) is 1. The van der Waals surface area contributed by atoms with Crippen molar-refractivity contribution in [2.24, 2.45) is 0 Å². The van der Waals surface area contributed by atoms with E-state index in [1.54, 1.807) is 29.4 Å². The molecule has 0 aromatic carbocycles. The molecular weight excluding hydrogens is 184 g/mol. The SMILES string of the molecule is O=C(O)c1nccn1Cc1ccoc1. The van der Waals surface area contributed by atoms with Crippen LogP contribution in [0.4, 0.5) is 0 Å². The number of carbonyl (C=O) groups is 1. The highest BCUT2D eigenvalue weighted by molar-refractivity contribution is 5.83. The Kier molecular flexibility index (Phi) is 2.06. The summed E-state index contributed by atoms with van der Waals surface area (Å²) in [5.74, 6) is -0.996. The molecular formula is C9H8N2O3. The van der Waals surface area contributed by atoms with Crippen molar-refractivity contribution in [3.63, 3.8) is 0 Å². The number of aromatic nitrogens is 2. The molecule has 2 heterocycles. The molecule has 0 atom stereocenters. The van der Waals surface area contributed by atoms with Gasteiger partial charge in [0.15, 0.2) is 0 Å². The van der Waals surface area contributed by atoms with Gasteiger partial charge in [0.2, 0.25) is 5.82 Å². The molecule has 5 nitrogen and oxygen atoms in total. The van der Waals surface area contributed by atoms with E-state index in [1.165, 1.54) is 6.20 Å². The molecule has 0 bridgehead atoms. The molecule has 0 amide bonds. The summed E-state index contributed by atoms with van der Waals surface area (Å²) >= 11 is 0. The normalized spacial score (nSPS) is 10.3. The number of carboxylic acid groups (broad SMARTS) is 1. The van der Waals surface area contributed by atoms with Crippen LogP contribution in [0.5, 0.6) is 0 Å².